The van der Waals surface area contributed by atoms with Crippen LogP contribution in [0, 0.1) is 0 Å². The monoisotopic (exact) mass is 234 g/mol. The highest BCUT2D eigenvalue weighted by atomic mass is 32.2. The number of rotatable bonds is 4. The van der Waals surface area contributed by atoms with Crippen molar-refractivity contribution in [3.05, 3.63) is 0 Å². The third-order valence-corrected chi connectivity index (χ3v) is 4.77. The van der Waals surface area contributed by atoms with Gasteiger partial charge >= 0.3 is 0 Å². The van der Waals surface area contributed by atoms with Crippen LogP contribution in [0.1, 0.15) is 38.5 Å². The molecular weight excluding hydrogens is 212 g/mol. The van der Waals surface area contributed by atoms with E-state index in [-0.39, 0.29) is 5.75 Å². The molecule has 0 radical (unpaired) electrons. The minimum absolute atomic E-state index is 0.212. The van der Waals surface area contributed by atoms with Gasteiger partial charge in [-0.3, -0.25) is 0 Å². The zero-order valence-electron chi connectivity index (χ0n) is 9.32. The standard InChI is InChI=1S/C10H22N2O2S/c11-7-6-10-15(13,14)12-8-4-2-1-3-5-9-12/h1-11H2. The van der Waals surface area contributed by atoms with E-state index in [2.05, 4.69) is 0 Å². The number of nitrogens with two attached hydrogens (primary N) is 1. The van der Waals surface area contributed by atoms with Gasteiger partial charge in [0.05, 0.1) is 5.75 Å². The SMILES string of the molecule is NCCCS(=O)(=O)N1CCCCCCC1. The van der Waals surface area contributed by atoms with Crippen molar-refractivity contribution in [3.8, 4) is 0 Å². The predicted octanol–water partition coefficient (Wildman–Crippen LogP) is 0.931. The molecule has 1 aliphatic heterocycles. The summed E-state index contributed by atoms with van der Waals surface area (Å²) in [6.07, 6.45) is 6.13. The van der Waals surface area contributed by atoms with E-state index in [9.17, 15) is 8.42 Å². The summed E-state index contributed by atoms with van der Waals surface area (Å²) in [5, 5.41) is 0. The first-order valence-corrected chi connectivity index (χ1v) is 7.45. The zero-order chi connectivity index (χ0) is 11.1. The van der Waals surface area contributed by atoms with Gasteiger partial charge in [-0.25, -0.2) is 12.7 Å². The molecule has 0 aromatic heterocycles. The lowest BCUT2D eigenvalue weighted by Crippen LogP contribution is -2.36. The fourth-order valence-corrected chi connectivity index (χ4v) is 3.50. The molecule has 1 fully saturated rings. The Bertz CT molecular complexity index is 257. The Morgan fingerprint density at radius 2 is 1.53 bits per heavy atom. The van der Waals surface area contributed by atoms with Crippen molar-refractivity contribution in [2.24, 2.45) is 5.73 Å². The quantitative estimate of drug-likeness (QED) is 0.787. The number of hydrogen-bond acceptors (Lipinski definition) is 3. The second kappa shape index (κ2) is 6.45. The molecular formula is C10H22N2O2S. The largest absolute Gasteiger partial charge is 0.330 e. The fraction of sp³-hybridized carbons (Fsp3) is 1.00. The van der Waals surface area contributed by atoms with Crippen LogP contribution >= 0.6 is 0 Å². The molecule has 2 N–H and O–H groups in total. The van der Waals surface area contributed by atoms with E-state index in [0.29, 0.717) is 26.1 Å². The summed E-state index contributed by atoms with van der Waals surface area (Å²) in [4.78, 5) is 0. The maximum atomic E-state index is 11.9. The molecule has 0 atom stereocenters. The van der Waals surface area contributed by atoms with Gasteiger partial charge in [0.25, 0.3) is 0 Å². The predicted molar refractivity (Wildman–Crippen MR) is 62.1 cm³/mol. The maximum Gasteiger partial charge on any atom is 0.214 e. The van der Waals surface area contributed by atoms with Crippen LogP contribution in [0.2, 0.25) is 0 Å². The third-order valence-electron chi connectivity index (χ3n) is 2.81. The molecule has 0 amide bonds. The van der Waals surface area contributed by atoms with Gasteiger partial charge in [-0.05, 0) is 25.8 Å². The van der Waals surface area contributed by atoms with Crippen molar-refractivity contribution >= 4 is 10.0 Å². The van der Waals surface area contributed by atoms with Crippen LogP contribution in [0.25, 0.3) is 0 Å². The summed E-state index contributed by atoms with van der Waals surface area (Å²) in [6, 6.07) is 0. The van der Waals surface area contributed by atoms with Gasteiger partial charge in [0.2, 0.25) is 10.0 Å². The number of nitrogens with zero attached hydrogens (tertiary/aromatic N) is 1. The Hall–Kier alpha value is -0.130. The van der Waals surface area contributed by atoms with Crippen LogP contribution in [-0.2, 0) is 10.0 Å². The first kappa shape index (κ1) is 12.9. The van der Waals surface area contributed by atoms with E-state index in [4.69, 9.17) is 5.73 Å². The first-order valence-electron chi connectivity index (χ1n) is 5.85. The van der Waals surface area contributed by atoms with Crippen molar-refractivity contribution in [1.82, 2.24) is 4.31 Å². The normalized spacial score (nSPS) is 20.9. The lowest BCUT2D eigenvalue weighted by Gasteiger charge is -2.23. The van der Waals surface area contributed by atoms with Crippen molar-refractivity contribution in [1.29, 1.82) is 0 Å². The Labute approximate surface area is 92.9 Å². The van der Waals surface area contributed by atoms with Gasteiger partial charge in [-0.2, -0.15) is 0 Å². The van der Waals surface area contributed by atoms with Crippen LogP contribution in [0.15, 0.2) is 0 Å². The van der Waals surface area contributed by atoms with Crippen LogP contribution < -0.4 is 5.73 Å². The van der Waals surface area contributed by atoms with Gasteiger partial charge < -0.3 is 5.73 Å². The Kier molecular flexibility index (Phi) is 5.56. The van der Waals surface area contributed by atoms with Crippen LogP contribution in [-0.4, -0.2) is 38.1 Å². The fourth-order valence-electron chi connectivity index (χ4n) is 1.89. The number of hydrogen-bond donors (Lipinski definition) is 1. The van der Waals surface area contributed by atoms with Gasteiger partial charge in [0, 0.05) is 13.1 Å². The molecule has 0 unspecified atom stereocenters. The molecule has 1 aliphatic rings. The molecule has 0 aromatic rings. The van der Waals surface area contributed by atoms with E-state index < -0.39 is 10.0 Å². The van der Waals surface area contributed by atoms with Crippen molar-refractivity contribution in [2.45, 2.75) is 38.5 Å². The maximum absolute atomic E-state index is 11.9. The average Bonchev–Trinajstić information content (AvgIpc) is 2.13. The Morgan fingerprint density at radius 1 is 1.00 bits per heavy atom. The summed E-state index contributed by atoms with van der Waals surface area (Å²) in [6.45, 7) is 1.85. The van der Waals surface area contributed by atoms with Gasteiger partial charge in [0.15, 0.2) is 0 Å². The van der Waals surface area contributed by atoms with Crippen LogP contribution in [0.4, 0.5) is 0 Å². The Morgan fingerprint density at radius 3 is 2.07 bits per heavy atom. The van der Waals surface area contributed by atoms with Crippen LogP contribution in [0.3, 0.4) is 0 Å². The van der Waals surface area contributed by atoms with Gasteiger partial charge in [0.1, 0.15) is 0 Å². The molecule has 0 spiro atoms. The molecule has 15 heavy (non-hydrogen) atoms. The highest BCUT2D eigenvalue weighted by Gasteiger charge is 2.21. The third kappa shape index (κ3) is 4.49. The van der Waals surface area contributed by atoms with E-state index in [1.807, 2.05) is 0 Å². The molecule has 0 bridgehead atoms. The zero-order valence-corrected chi connectivity index (χ0v) is 10.1. The van der Waals surface area contributed by atoms with E-state index >= 15 is 0 Å². The second-order valence-electron chi connectivity index (χ2n) is 4.13. The Balaban J connectivity index is 2.50. The smallest absolute Gasteiger partial charge is 0.214 e. The summed E-state index contributed by atoms with van der Waals surface area (Å²) in [7, 11) is -3.03. The highest BCUT2D eigenvalue weighted by Crippen LogP contribution is 2.14. The molecule has 1 saturated heterocycles. The van der Waals surface area contributed by atoms with E-state index in [0.717, 1.165) is 25.7 Å². The number of sulfonamides is 1. The summed E-state index contributed by atoms with van der Waals surface area (Å²) < 4.78 is 25.4. The van der Waals surface area contributed by atoms with E-state index in [1.54, 1.807) is 4.31 Å². The molecule has 5 heteroatoms. The highest BCUT2D eigenvalue weighted by molar-refractivity contribution is 7.89. The van der Waals surface area contributed by atoms with Gasteiger partial charge in [-0.1, -0.05) is 19.3 Å². The summed E-state index contributed by atoms with van der Waals surface area (Å²) in [5.41, 5.74) is 5.34. The minimum atomic E-state index is -3.03. The lowest BCUT2D eigenvalue weighted by atomic mass is 10.1. The molecule has 1 rings (SSSR count). The van der Waals surface area contributed by atoms with Crippen molar-refractivity contribution in [3.63, 3.8) is 0 Å². The molecule has 0 aromatic carbocycles. The molecule has 0 saturated carbocycles. The lowest BCUT2D eigenvalue weighted by molar-refractivity contribution is 0.364. The minimum Gasteiger partial charge on any atom is -0.330 e. The summed E-state index contributed by atoms with van der Waals surface area (Å²) >= 11 is 0. The topological polar surface area (TPSA) is 63.4 Å². The van der Waals surface area contributed by atoms with E-state index in [1.165, 1.54) is 6.42 Å². The first-order chi connectivity index (χ1) is 7.17. The molecule has 0 aliphatic carbocycles. The van der Waals surface area contributed by atoms with Crippen LogP contribution in [0.5, 0.6) is 0 Å². The summed E-state index contributed by atoms with van der Waals surface area (Å²) in [5.74, 6) is 0.212. The second-order valence-corrected chi connectivity index (χ2v) is 6.21. The van der Waals surface area contributed by atoms with Crippen molar-refractivity contribution in [2.75, 3.05) is 25.4 Å². The molecule has 1 heterocycles. The van der Waals surface area contributed by atoms with Crippen molar-refractivity contribution < 1.29 is 8.42 Å². The molecule has 90 valence electrons. The van der Waals surface area contributed by atoms with Gasteiger partial charge in [-0.15, -0.1) is 0 Å². The molecule has 4 nitrogen and oxygen atoms in total. The average molecular weight is 234 g/mol.